The third-order valence-corrected chi connectivity index (χ3v) is 4.31. The highest BCUT2D eigenvalue weighted by Crippen LogP contribution is 2.39. The molecule has 2 aromatic heterocycles. The molecular formula is C20H23F3N4O. The van der Waals surface area contributed by atoms with Gasteiger partial charge in [-0.05, 0) is 43.0 Å². The van der Waals surface area contributed by atoms with Gasteiger partial charge >= 0.3 is 6.18 Å². The molecule has 0 aliphatic rings. The first kappa shape index (κ1) is 20.1. The van der Waals surface area contributed by atoms with E-state index in [1.54, 1.807) is 31.5 Å². The summed E-state index contributed by atoms with van der Waals surface area (Å²) in [4.78, 5) is 4.20. The number of aromatic nitrogens is 3. The van der Waals surface area contributed by atoms with Gasteiger partial charge in [0.25, 0.3) is 0 Å². The van der Waals surface area contributed by atoms with E-state index in [1.807, 2.05) is 13.8 Å². The topological polar surface area (TPSA) is 65.4 Å². The van der Waals surface area contributed by atoms with E-state index in [0.717, 1.165) is 6.07 Å². The minimum atomic E-state index is -4.56. The average molecular weight is 392 g/mol. The standard InChI is InChI=1S/C20H23F3N4O/c1-13(2)10-19(3,24)12-28-17-6-5-14(9-16(17)20(21,22)23)15-11-26-27-8-4-7-25-18(15)27/h4-9,11,13H,10,12,24H2,1-3H3. The van der Waals surface area contributed by atoms with Crippen molar-refractivity contribution in [2.45, 2.75) is 38.9 Å². The van der Waals surface area contributed by atoms with Crippen LogP contribution in [0.3, 0.4) is 0 Å². The van der Waals surface area contributed by atoms with Gasteiger partial charge in [-0.2, -0.15) is 18.3 Å². The van der Waals surface area contributed by atoms with Gasteiger partial charge < -0.3 is 10.5 Å². The van der Waals surface area contributed by atoms with Gasteiger partial charge in [0.15, 0.2) is 5.65 Å². The lowest BCUT2D eigenvalue weighted by Crippen LogP contribution is -2.43. The Morgan fingerprint density at radius 1 is 1.25 bits per heavy atom. The van der Waals surface area contributed by atoms with Crippen LogP contribution >= 0.6 is 0 Å². The molecule has 0 spiro atoms. The molecule has 28 heavy (non-hydrogen) atoms. The summed E-state index contributed by atoms with van der Waals surface area (Å²) in [6.07, 6.45) is 0.827. The van der Waals surface area contributed by atoms with Gasteiger partial charge in [-0.3, -0.25) is 0 Å². The summed E-state index contributed by atoms with van der Waals surface area (Å²) in [6, 6.07) is 5.67. The molecule has 0 saturated heterocycles. The van der Waals surface area contributed by atoms with Crippen LogP contribution in [0, 0.1) is 5.92 Å². The summed E-state index contributed by atoms with van der Waals surface area (Å²) in [5.74, 6) is 0.0762. The lowest BCUT2D eigenvalue weighted by Gasteiger charge is -2.27. The van der Waals surface area contributed by atoms with Crippen LogP contribution in [0.1, 0.15) is 32.8 Å². The van der Waals surface area contributed by atoms with Crippen molar-refractivity contribution in [2.75, 3.05) is 6.61 Å². The van der Waals surface area contributed by atoms with Gasteiger partial charge in [0.1, 0.15) is 12.4 Å². The molecule has 1 aromatic carbocycles. The summed E-state index contributed by atoms with van der Waals surface area (Å²) < 4.78 is 48.0. The Morgan fingerprint density at radius 2 is 2.00 bits per heavy atom. The van der Waals surface area contributed by atoms with Gasteiger partial charge in [-0.1, -0.05) is 19.9 Å². The fraction of sp³-hybridized carbons (Fsp3) is 0.400. The van der Waals surface area contributed by atoms with Crippen LogP contribution in [-0.4, -0.2) is 26.7 Å². The van der Waals surface area contributed by atoms with E-state index in [4.69, 9.17) is 10.5 Å². The van der Waals surface area contributed by atoms with Crippen molar-refractivity contribution in [3.8, 4) is 16.9 Å². The molecule has 1 unspecified atom stereocenters. The van der Waals surface area contributed by atoms with Crippen molar-refractivity contribution in [3.05, 3.63) is 48.4 Å². The van der Waals surface area contributed by atoms with Gasteiger partial charge in [-0.15, -0.1) is 0 Å². The van der Waals surface area contributed by atoms with E-state index in [-0.39, 0.29) is 12.4 Å². The normalized spacial score (nSPS) is 14.4. The third kappa shape index (κ3) is 4.44. The van der Waals surface area contributed by atoms with Crippen molar-refractivity contribution < 1.29 is 17.9 Å². The fourth-order valence-corrected chi connectivity index (χ4v) is 3.31. The van der Waals surface area contributed by atoms with E-state index in [1.165, 1.54) is 16.8 Å². The molecule has 0 amide bonds. The SMILES string of the molecule is CC(C)CC(C)(N)COc1ccc(-c2cnn3cccnc23)cc1C(F)(F)F. The second-order valence-corrected chi connectivity index (χ2v) is 7.70. The van der Waals surface area contributed by atoms with Crippen molar-refractivity contribution in [3.63, 3.8) is 0 Å². The van der Waals surface area contributed by atoms with Crippen molar-refractivity contribution >= 4 is 5.65 Å². The van der Waals surface area contributed by atoms with E-state index in [0.29, 0.717) is 29.1 Å². The second kappa shape index (κ2) is 7.43. The summed E-state index contributed by atoms with van der Waals surface area (Å²) in [5.41, 5.74) is 5.97. The smallest absolute Gasteiger partial charge is 0.419 e. The summed E-state index contributed by atoms with van der Waals surface area (Å²) in [6.45, 7) is 5.78. The number of hydrogen-bond donors (Lipinski definition) is 1. The van der Waals surface area contributed by atoms with E-state index in [9.17, 15) is 13.2 Å². The number of fused-ring (bicyclic) bond motifs is 1. The number of alkyl halides is 3. The minimum Gasteiger partial charge on any atom is -0.491 e. The zero-order valence-electron chi connectivity index (χ0n) is 16.0. The highest BCUT2D eigenvalue weighted by atomic mass is 19.4. The van der Waals surface area contributed by atoms with Crippen LogP contribution in [0.25, 0.3) is 16.8 Å². The highest BCUT2D eigenvalue weighted by Gasteiger charge is 2.35. The van der Waals surface area contributed by atoms with E-state index < -0.39 is 17.3 Å². The third-order valence-electron chi connectivity index (χ3n) is 4.31. The van der Waals surface area contributed by atoms with Crippen LogP contribution in [0.15, 0.2) is 42.9 Å². The summed E-state index contributed by atoms with van der Waals surface area (Å²) in [5, 5.41) is 4.13. The predicted octanol–water partition coefficient (Wildman–Crippen LogP) is 4.56. The molecule has 3 rings (SSSR count). The molecule has 2 N–H and O–H groups in total. The molecule has 0 aliphatic heterocycles. The molecule has 3 aromatic rings. The van der Waals surface area contributed by atoms with Gasteiger partial charge in [0, 0.05) is 23.5 Å². The summed E-state index contributed by atoms with van der Waals surface area (Å²) in [7, 11) is 0. The van der Waals surface area contributed by atoms with Crippen LogP contribution in [0.2, 0.25) is 0 Å². The Kier molecular flexibility index (Phi) is 5.34. The molecule has 5 nitrogen and oxygen atoms in total. The Bertz CT molecular complexity index is 963. The van der Waals surface area contributed by atoms with Crippen LogP contribution in [-0.2, 0) is 6.18 Å². The molecule has 0 fully saturated rings. The number of benzene rings is 1. The Morgan fingerprint density at radius 3 is 2.68 bits per heavy atom. The summed E-state index contributed by atoms with van der Waals surface area (Å²) >= 11 is 0. The molecule has 8 heteroatoms. The van der Waals surface area contributed by atoms with Crippen LogP contribution in [0.5, 0.6) is 5.75 Å². The first-order valence-electron chi connectivity index (χ1n) is 8.98. The minimum absolute atomic E-state index is 0.00806. The maximum Gasteiger partial charge on any atom is 0.419 e. The van der Waals surface area contributed by atoms with E-state index in [2.05, 4.69) is 10.1 Å². The fourth-order valence-electron chi connectivity index (χ4n) is 3.31. The second-order valence-electron chi connectivity index (χ2n) is 7.70. The average Bonchev–Trinajstić information content (AvgIpc) is 3.02. The Hall–Kier alpha value is -2.61. The monoisotopic (exact) mass is 392 g/mol. The van der Waals surface area contributed by atoms with Crippen LogP contribution in [0.4, 0.5) is 13.2 Å². The quantitative estimate of drug-likeness (QED) is 0.668. The van der Waals surface area contributed by atoms with Crippen molar-refractivity contribution in [1.82, 2.24) is 14.6 Å². The number of nitrogens with zero attached hydrogens (tertiary/aromatic N) is 3. The molecule has 0 saturated carbocycles. The van der Waals surface area contributed by atoms with Crippen molar-refractivity contribution in [2.24, 2.45) is 11.7 Å². The van der Waals surface area contributed by atoms with Gasteiger partial charge in [0.05, 0.1) is 11.8 Å². The number of rotatable bonds is 6. The number of hydrogen-bond acceptors (Lipinski definition) is 4. The Balaban J connectivity index is 1.95. The largest absolute Gasteiger partial charge is 0.491 e. The van der Waals surface area contributed by atoms with Crippen LogP contribution < -0.4 is 10.5 Å². The first-order chi connectivity index (χ1) is 13.1. The number of halogens is 3. The van der Waals surface area contributed by atoms with E-state index >= 15 is 0 Å². The van der Waals surface area contributed by atoms with Gasteiger partial charge in [0.2, 0.25) is 0 Å². The zero-order chi connectivity index (χ0) is 20.5. The lowest BCUT2D eigenvalue weighted by molar-refractivity contribution is -0.139. The maximum absolute atomic E-state index is 13.7. The molecule has 0 bridgehead atoms. The molecule has 0 radical (unpaired) electrons. The predicted molar refractivity (Wildman–Crippen MR) is 101 cm³/mol. The molecule has 0 aliphatic carbocycles. The zero-order valence-corrected chi connectivity index (χ0v) is 16.0. The van der Waals surface area contributed by atoms with Crippen molar-refractivity contribution in [1.29, 1.82) is 0 Å². The number of nitrogens with two attached hydrogens (primary N) is 1. The molecule has 1 atom stereocenters. The molecule has 2 heterocycles. The number of ether oxygens (including phenoxy) is 1. The lowest BCUT2D eigenvalue weighted by atomic mass is 9.93. The van der Waals surface area contributed by atoms with Gasteiger partial charge in [-0.25, -0.2) is 9.50 Å². The molecular weight excluding hydrogens is 369 g/mol. The maximum atomic E-state index is 13.7. The molecule has 150 valence electrons. The Labute approximate surface area is 161 Å². The highest BCUT2D eigenvalue weighted by molar-refractivity contribution is 5.77. The first-order valence-corrected chi connectivity index (χ1v) is 8.98.